The molecule has 0 bridgehead atoms. The number of carbonyl (C=O) groups is 3. The van der Waals surface area contributed by atoms with Crippen LogP contribution in [0.25, 0.3) is 0 Å². The summed E-state index contributed by atoms with van der Waals surface area (Å²) in [5, 5.41) is 3.59. The quantitative estimate of drug-likeness (QED) is 0.417. The van der Waals surface area contributed by atoms with Gasteiger partial charge < -0.3 is 19.7 Å². The van der Waals surface area contributed by atoms with Crippen molar-refractivity contribution in [1.82, 2.24) is 15.2 Å². The molecule has 9 heteroatoms. The van der Waals surface area contributed by atoms with Crippen LogP contribution in [0.4, 0.5) is 4.79 Å². The average Bonchev–Trinajstić information content (AvgIpc) is 2.88. The summed E-state index contributed by atoms with van der Waals surface area (Å²) in [6.07, 6.45) is 5.63. The highest BCUT2D eigenvalue weighted by Gasteiger charge is 2.40. The zero-order chi connectivity index (χ0) is 27.8. The number of aromatic nitrogens is 1. The second-order valence-corrected chi connectivity index (χ2v) is 11.1. The van der Waals surface area contributed by atoms with Gasteiger partial charge in [-0.1, -0.05) is 23.7 Å². The lowest BCUT2D eigenvalue weighted by Crippen LogP contribution is -2.50. The van der Waals surface area contributed by atoms with E-state index in [4.69, 9.17) is 21.1 Å². The average molecular weight is 544 g/mol. The first-order valence-electron chi connectivity index (χ1n) is 13.1. The van der Waals surface area contributed by atoms with E-state index in [1.54, 1.807) is 36.4 Å². The molecule has 1 aliphatic rings. The zero-order valence-corrected chi connectivity index (χ0v) is 23.4. The smallest absolute Gasteiger partial charge is 0.407 e. The van der Waals surface area contributed by atoms with Crippen LogP contribution < -0.4 is 5.32 Å². The molecule has 3 rings (SSSR count). The largest absolute Gasteiger partial charge is 0.466 e. The maximum Gasteiger partial charge on any atom is 0.407 e. The van der Waals surface area contributed by atoms with E-state index in [0.717, 1.165) is 5.56 Å². The molecule has 8 nitrogen and oxygen atoms in total. The van der Waals surface area contributed by atoms with Gasteiger partial charge in [-0.05, 0) is 83.2 Å². The van der Waals surface area contributed by atoms with Gasteiger partial charge in [0.1, 0.15) is 5.60 Å². The number of halogens is 1. The fourth-order valence-electron chi connectivity index (χ4n) is 4.96. The number of pyridine rings is 1. The topological polar surface area (TPSA) is 97.8 Å². The highest BCUT2D eigenvalue weighted by Crippen LogP contribution is 2.41. The van der Waals surface area contributed by atoms with Crippen molar-refractivity contribution in [2.45, 2.75) is 76.9 Å². The molecule has 0 unspecified atom stereocenters. The van der Waals surface area contributed by atoms with Gasteiger partial charge in [0.25, 0.3) is 5.91 Å². The first-order chi connectivity index (χ1) is 18.0. The lowest BCUT2D eigenvalue weighted by atomic mass is 9.67. The van der Waals surface area contributed by atoms with E-state index in [0.29, 0.717) is 49.4 Å². The molecule has 0 radical (unpaired) electrons. The van der Waals surface area contributed by atoms with Gasteiger partial charge in [0.15, 0.2) is 0 Å². The minimum atomic E-state index is -0.600. The van der Waals surface area contributed by atoms with E-state index in [2.05, 4.69) is 10.3 Å². The maximum atomic E-state index is 13.5. The Labute approximate surface area is 230 Å². The Morgan fingerprint density at radius 3 is 2.50 bits per heavy atom. The number of benzene rings is 1. The molecule has 1 heterocycles. The number of nitrogens with one attached hydrogen (secondary N) is 1. The van der Waals surface area contributed by atoms with Crippen molar-refractivity contribution in [2.24, 2.45) is 0 Å². The van der Waals surface area contributed by atoms with Gasteiger partial charge in [-0.15, -0.1) is 0 Å². The summed E-state index contributed by atoms with van der Waals surface area (Å²) in [7, 11) is 0. The van der Waals surface area contributed by atoms with Gasteiger partial charge in [-0.2, -0.15) is 0 Å². The van der Waals surface area contributed by atoms with Crippen LogP contribution in [0.2, 0.25) is 5.02 Å². The number of hydrogen-bond acceptors (Lipinski definition) is 6. The van der Waals surface area contributed by atoms with Crippen LogP contribution in [0.1, 0.15) is 75.7 Å². The predicted molar refractivity (Wildman–Crippen MR) is 146 cm³/mol. The van der Waals surface area contributed by atoms with E-state index in [-0.39, 0.29) is 36.3 Å². The molecule has 1 aliphatic carbocycles. The molecule has 1 aromatic heterocycles. The van der Waals surface area contributed by atoms with Crippen molar-refractivity contribution in [3.8, 4) is 0 Å². The fraction of sp³-hybridized carbons (Fsp3) is 0.517. The minimum Gasteiger partial charge on any atom is -0.466 e. The zero-order valence-electron chi connectivity index (χ0n) is 22.7. The third-order valence-electron chi connectivity index (χ3n) is 6.79. The lowest BCUT2D eigenvalue weighted by molar-refractivity contribution is -0.143. The Morgan fingerprint density at radius 2 is 1.89 bits per heavy atom. The summed E-state index contributed by atoms with van der Waals surface area (Å²) < 4.78 is 10.6. The molecule has 1 saturated carbocycles. The monoisotopic (exact) mass is 543 g/mol. The van der Waals surface area contributed by atoms with Crippen molar-refractivity contribution in [2.75, 3.05) is 19.7 Å². The predicted octanol–water partition coefficient (Wildman–Crippen LogP) is 5.54. The number of esters is 1. The second kappa shape index (κ2) is 13.1. The van der Waals surface area contributed by atoms with Gasteiger partial charge in [-0.3, -0.25) is 14.6 Å². The number of carbonyl (C=O) groups excluding carboxylic acids is 3. The fourth-order valence-corrected chi connectivity index (χ4v) is 5.15. The second-order valence-electron chi connectivity index (χ2n) is 10.7. The third kappa shape index (κ3) is 8.18. The van der Waals surface area contributed by atoms with E-state index in [1.165, 1.54) is 0 Å². The Bertz CT molecular complexity index is 1090. The molecule has 2 amide bonds. The van der Waals surface area contributed by atoms with Crippen molar-refractivity contribution in [3.63, 3.8) is 0 Å². The van der Waals surface area contributed by atoms with Crippen LogP contribution in [0.5, 0.6) is 0 Å². The van der Waals surface area contributed by atoms with Crippen molar-refractivity contribution in [1.29, 1.82) is 0 Å². The number of hydrogen-bond donors (Lipinski definition) is 1. The van der Waals surface area contributed by atoms with Crippen molar-refractivity contribution in [3.05, 3.63) is 64.9 Å². The van der Waals surface area contributed by atoms with E-state index < -0.39 is 11.7 Å². The molecule has 2 aromatic rings. The van der Waals surface area contributed by atoms with Crippen LogP contribution in [0, 0.1) is 0 Å². The molecule has 1 fully saturated rings. The Balaban J connectivity index is 1.80. The van der Waals surface area contributed by atoms with Crippen molar-refractivity contribution >= 4 is 29.6 Å². The third-order valence-corrected chi connectivity index (χ3v) is 7.03. The summed E-state index contributed by atoms with van der Waals surface area (Å²) in [6, 6.07) is 11.1. The highest BCUT2D eigenvalue weighted by atomic mass is 35.5. The summed E-state index contributed by atoms with van der Waals surface area (Å²) in [5.41, 5.74) is 0.547. The standard InChI is InChI=1S/C29H38ClN3O5/c1-5-37-25(34)13-17-33(26(35)21-8-7-16-31-19-21)24-11-14-29(15-12-24,22-9-6-10-23(30)18-22)20-32-27(36)38-28(2,3)4/h6-10,16,18-19,24H,5,11-15,17,20H2,1-4H3,(H,32,36). The molecule has 0 spiro atoms. The number of alkyl carbamates (subject to hydrolysis) is 1. The van der Waals surface area contributed by atoms with Crippen LogP contribution in [-0.2, 0) is 19.7 Å². The van der Waals surface area contributed by atoms with Gasteiger partial charge in [0, 0.05) is 42.0 Å². The molecule has 0 aliphatic heterocycles. The molecule has 1 N–H and O–H groups in total. The Morgan fingerprint density at radius 1 is 1.16 bits per heavy atom. The lowest BCUT2D eigenvalue weighted by Gasteiger charge is -2.44. The number of amides is 2. The van der Waals surface area contributed by atoms with Gasteiger partial charge >= 0.3 is 12.1 Å². The van der Waals surface area contributed by atoms with Crippen LogP contribution in [0.3, 0.4) is 0 Å². The van der Waals surface area contributed by atoms with Crippen LogP contribution in [-0.4, -0.2) is 59.2 Å². The summed E-state index contributed by atoms with van der Waals surface area (Å²) in [4.78, 5) is 44.0. The molecule has 206 valence electrons. The van der Waals surface area contributed by atoms with Gasteiger partial charge in [-0.25, -0.2) is 4.79 Å². The minimum absolute atomic E-state index is 0.0778. The first-order valence-corrected chi connectivity index (χ1v) is 13.5. The molecule has 0 atom stereocenters. The molecule has 0 saturated heterocycles. The molecular weight excluding hydrogens is 506 g/mol. The SMILES string of the molecule is CCOC(=O)CCN(C(=O)c1cccnc1)C1CCC(CNC(=O)OC(C)(C)C)(c2cccc(Cl)c2)CC1. The van der Waals surface area contributed by atoms with Crippen LogP contribution >= 0.6 is 11.6 Å². The highest BCUT2D eigenvalue weighted by molar-refractivity contribution is 6.30. The number of ether oxygens (including phenoxy) is 2. The van der Waals surface area contributed by atoms with Gasteiger partial charge in [0.2, 0.25) is 0 Å². The number of nitrogens with zero attached hydrogens (tertiary/aromatic N) is 2. The molecule has 38 heavy (non-hydrogen) atoms. The van der Waals surface area contributed by atoms with Crippen LogP contribution in [0.15, 0.2) is 48.8 Å². The Kier molecular flexibility index (Phi) is 10.1. The van der Waals surface area contributed by atoms with E-state index >= 15 is 0 Å². The summed E-state index contributed by atoms with van der Waals surface area (Å²) in [5.74, 6) is -0.489. The first kappa shape index (κ1) is 29.4. The molecule has 1 aromatic carbocycles. The van der Waals surface area contributed by atoms with Crippen molar-refractivity contribution < 1.29 is 23.9 Å². The molecular formula is C29H38ClN3O5. The summed E-state index contributed by atoms with van der Waals surface area (Å²) >= 11 is 6.35. The summed E-state index contributed by atoms with van der Waals surface area (Å²) in [6.45, 7) is 8.19. The maximum absolute atomic E-state index is 13.5. The normalized spacial score (nSPS) is 19.3. The van der Waals surface area contributed by atoms with Gasteiger partial charge in [0.05, 0.1) is 18.6 Å². The van der Waals surface area contributed by atoms with E-state index in [1.807, 2.05) is 45.0 Å². The Hall–Kier alpha value is -3.13. The number of rotatable bonds is 9. The van der Waals surface area contributed by atoms with E-state index in [9.17, 15) is 14.4 Å².